The molecule has 2 heterocycles. The van der Waals surface area contributed by atoms with E-state index in [1.54, 1.807) is 6.20 Å². The van der Waals surface area contributed by atoms with E-state index >= 15 is 0 Å². The van der Waals surface area contributed by atoms with Gasteiger partial charge in [0.1, 0.15) is 5.82 Å². The number of pyridine rings is 1. The minimum atomic E-state index is -0.776. The Kier molecular flexibility index (Phi) is 4.47. The van der Waals surface area contributed by atoms with Crippen molar-refractivity contribution < 1.29 is 14.3 Å². The Labute approximate surface area is 112 Å². The van der Waals surface area contributed by atoms with Crippen molar-refractivity contribution >= 4 is 5.97 Å². The Morgan fingerprint density at radius 2 is 2.37 bits per heavy atom. The van der Waals surface area contributed by atoms with E-state index in [1.807, 2.05) is 6.92 Å². The van der Waals surface area contributed by atoms with Gasteiger partial charge in [-0.05, 0) is 37.9 Å². The van der Waals surface area contributed by atoms with Gasteiger partial charge in [0.2, 0.25) is 0 Å². The van der Waals surface area contributed by atoms with Crippen LogP contribution in [0, 0.1) is 5.82 Å². The Bertz CT molecular complexity index is 453. The molecule has 2 rings (SSSR count). The van der Waals surface area contributed by atoms with Crippen LogP contribution in [-0.2, 0) is 4.79 Å². The molecule has 0 aliphatic carbocycles. The topological polar surface area (TPSA) is 53.4 Å². The number of carbonyl (C=O) groups is 1. The van der Waals surface area contributed by atoms with E-state index in [2.05, 4.69) is 9.88 Å². The fourth-order valence-corrected chi connectivity index (χ4v) is 2.80. The zero-order chi connectivity index (χ0) is 13.8. The largest absolute Gasteiger partial charge is 0.481 e. The summed E-state index contributed by atoms with van der Waals surface area (Å²) < 4.78 is 13.2. The Balaban J connectivity index is 2.14. The van der Waals surface area contributed by atoms with Crippen molar-refractivity contribution in [3.8, 4) is 0 Å². The third-order valence-corrected chi connectivity index (χ3v) is 3.79. The molecule has 1 aliphatic rings. The van der Waals surface area contributed by atoms with Crippen LogP contribution in [0.2, 0.25) is 0 Å². The lowest BCUT2D eigenvalue weighted by atomic mass is 9.95. The fraction of sp³-hybridized carbons (Fsp3) is 0.571. The molecule has 104 valence electrons. The summed E-state index contributed by atoms with van der Waals surface area (Å²) >= 11 is 0. The van der Waals surface area contributed by atoms with Crippen molar-refractivity contribution in [2.75, 3.05) is 6.54 Å². The highest BCUT2D eigenvalue weighted by atomic mass is 19.1. The molecule has 0 amide bonds. The lowest BCUT2D eigenvalue weighted by Gasteiger charge is -2.39. The van der Waals surface area contributed by atoms with Crippen molar-refractivity contribution in [3.05, 3.63) is 29.8 Å². The molecule has 1 fully saturated rings. The predicted molar refractivity (Wildman–Crippen MR) is 69.2 cm³/mol. The highest BCUT2D eigenvalue weighted by Crippen LogP contribution is 2.29. The molecular weight excluding hydrogens is 247 g/mol. The summed E-state index contributed by atoms with van der Waals surface area (Å²) in [6.45, 7) is 2.84. The van der Waals surface area contributed by atoms with Gasteiger partial charge < -0.3 is 5.11 Å². The number of nitrogens with zero attached hydrogens (tertiary/aromatic N) is 2. The van der Waals surface area contributed by atoms with Crippen molar-refractivity contribution in [3.63, 3.8) is 0 Å². The van der Waals surface area contributed by atoms with Crippen LogP contribution in [0.5, 0.6) is 0 Å². The van der Waals surface area contributed by atoms with E-state index in [-0.39, 0.29) is 24.3 Å². The molecule has 1 aromatic rings. The maximum atomic E-state index is 13.2. The third kappa shape index (κ3) is 3.50. The molecular formula is C14H19FN2O2. The second-order valence-electron chi connectivity index (χ2n) is 5.10. The SMILES string of the molecule is CC(c1cncc(F)c1)N1CCCCC1CC(=O)O. The van der Waals surface area contributed by atoms with Gasteiger partial charge in [-0.2, -0.15) is 0 Å². The van der Waals surface area contributed by atoms with Gasteiger partial charge in [0.15, 0.2) is 0 Å². The molecule has 4 nitrogen and oxygen atoms in total. The molecule has 1 aromatic heterocycles. The zero-order valence-corrected chi connectivity index (χ0v) is 11.1. The summed E-state index contributed by atoms with van der Waals surface area (Å²) in [5.74, 6) is -1.13. The summed E-state index contributed by atoms with van der Waals surface area (Å²) in [7, 11) is 0. The Morgan fingerprint density at radius 1 is 1.58 bits per heavy atom. The van der Waals surface area contributed by atoms with Gasteiger partial charge in [0.05, 0.1) is 12.6 Å². The number of carboxylic acid groups (broad SMARTS) is 1. The summed E-state index contributed by atoms with van der Waals surface area (Å²) in [6, 6.07) is 1.50. The molecule has 0 spiro atoms. The molecule has 5 heteroatoms. The maximum absolute atomic E-state index is 13.2. The zero-order valence-electron chi connectivity index (χ0n) is 11.1. The van der Waals surface area contributed by atoms with E-state index in [0.717, 1.165) is 31.4 Å². The number of halogens is 1. The summed E-state index contributed by atoms with van der Waals surface area (Å²) in [5, 5.41) is 8.98. The second-order valence-corrected chi connectivity index (χ2v) is 5.10. The first-order chi connectivity index (χ1) is 9.08. The molecule has 0 radical (unpaired) electrons. The molecule has 0 aromatic carbocycles. The van der Waals surface area contributed by atoms with Gasteiger partial charge >= 0.3 is 5.97 Å². The van der Waals surface area contributed by atoms with Crippen molar-refractivity contribution in [1.82, 2.24) is 9.88 Å². The fourth-order valence-electron chi connectivity index (χ4n) is 2.80. The average molecular weight is 266 g/mol. The van der Waals surface area contributed by atoms with Crippen LogP contribution in [0.3, 0.4) is 0 Å². The van der Waals surface area contributed by atoms with E-state index in [1.165, 1.54) is 12.3 Å². The minimum Gasteiger partial charge on any atom is -0.481 e. The minimum absolute atomic E-state index is 0.00662. The normalized spacial score (nSPS) is 22.1. The second kappa shape index (κ2) is 6.10. The van der Waals surface area contributed by atoms with Gasteiger partial charge in [0.25, 0.3) is 0 Å². The van der Waals surface area contributed by atoms with Gasteiger partial charge in [0, 0.05) is 18.3 Å². The average Bonchev–Trinajstić information content (AvgIpc) is 2.38. The van der Waals surface area contributed by atoms with Crippen LogP contribution in [0.4, 0.5) is 4.39 Å². The molecule has 1 aliphatic heterocycles. The number of hydrogen-bond donors (Lipinski definition) is 1. The van der Waals surface area contributed by atoms with Crippen LogP contribution in [0.15, 0.2) is 18.5 Å². The Hall–Kier alpha value is -1.49. The number of aliphatic carboxylic acids is 1. The van der Waals surface area contributed by atoms with Crippen molar-refractivity contribution in [1.29, 1.82) is 0 Å². The van der Waals surface area contributed by atoms with Crippen molar-refractivity contribution in [2.45, 2.75) is 44.7 Å². The third-order valence-electron chi connectivity index (χ3n) is 3.79. The smallest absolute Gasteiger partial charge is 0.304 e. The first-order valence-electron chi connectivity index (χ1n) is 6.66. The molecule has 1 saturated heterocycles. The van der Waals surface area contributed by atoms with Gasteiger partial charge in [-0.25, -0.2) is 4.39 Å². The van der Waals surface area contributed by atoms with E-state index in [9.17, 15) is 9.18 Å². The van der Waals surface area contributed by atoms with Crippen LogP contribution in [0.1, 0.15) is 44.2 Å². The van der Waals surface area contributed by atoms with Crippen LogP contribution >= 0.6 is 0 Å². The molecule has 19 heavy (non-hydrogen) atoms. The molecule has 2 atom stereocenters. The lowest BCUT2D eigenvalue weighted by Crippen LogP contribution is -2.42. The quantitative estimate of drug-likeness (QED) is 0.910. The first kappa shape index (κ1) is 13.9. The van der Waals surface area contributed by atoms with Gasteiger partial charge in [-0.1, -0.05) is 6.42 Å². The number of piperidine rings is 1. The first-order valence-corrected chi connectivity index (χ1v) is 6.66. The lowest BCUT2D eigenvalue weighted by molar-refractivity contribution is -0.139. The highest BCUT2D eigenvalue weighted by molar-refractivity contribution is 5.67. The monoisotopic (exact) mass is 266 g/mol. The number of carboxylic acids is 1. The number of aromatic nitrogens is 1. The summed E-state index contributed by atoms with van der Waals surface area (Å²) in [4.78, 5) is 17.0. The Morgan fingerprint density at radius 3 is 3.05 bits per heavy atom. The molecule has 0 saturated carbocycles. The van der Waals surface area contributed by atoms with E-state index in [4.69, 9.17) is 5.11 Å². The van der Waals surface area contributed by atoms with E-state index in [0.29, 0.717) is 0 Å². The molecule has 0 bridgehead atoms. The predicted octanol–water partition coefficient (Wildman–Crippen LogP) is 2.61. The molecule has 1 N–H and O–H groups in total. The van der Waals surface area contributed by atoms with Gasteiger partial charge in [-0.3, -0.25) is 14.7 Å². The van der Waals surface area contributed by atoms with Gasteiger partial charge in [-0.15, -0.1) is 0 Å². The maximum Gasteiger partial charge on any atom is 0.304 e. The summed E-state index contributed by atoms with van der Waals surface area (Å²) in [5.41, 5.74) is 0.803. The van der Waals surface area contributed by atoms with Crippen molar-refractivity contribution in [2.24, 2.45) is 0 Å². The summed E-state index contributed by atoms with van der Waals surface area (Å²) in [6.07, 6.45) is 5.99. The van der Waals surface area contributed by atoms with Crippen LogP contribution in [0.25, 0.3) is 0 Å². The number of rotatable bonds is 4. The van der Waals surface area contributed by atoms with E-state index < -0.39 is 5.97 Å². The highest BCUT2D eigenvalue weighted by Gasteiger charge is 2.29. The number of hydrogen-bond acceptors (Lipinski definition) is 3. The standard InChI is InChI=1S/C14H19FN2O2/c1-10(11-6-12(15)9-16-8-11)17-5-3-2-4-13(17)7-14(18)19/h6,8-10,13H,2-5,7H2,1H3,(H,18,19). The van der Waals surface area contributed by atoms with Crippen LogP contribution in [-0.4, -0.2) is 33.5 Å². The number of likely N-dealkylation sites (tertiary alicyclic amines) is 1. The molecule has 2 unspecified atom stereocenters. The van der Waals surface area contributed by atoms with Crippen LogP contribution < -0.4 is 0 Å².